The quantitative estimate of drug-likeness (QED) is 0.0197. The molecular formula is C64H103O11P. The lowest BCUT2D eigenvalue weighted by molar-refractivity contribution is -0.161. The molecule has 11 nitrogen and oxygen atoms in total. The lowest BCUT2D eigenvalue weighted by atomic mass is 10.1. The molecule has 0 saturated carbocycles. The second kappa shape index (κ2) is 56.8. The van der Waals surface area contributed by atoms with E-state index in [2.05, 4.69) is 142 Å². The van der Waals surface area contributed by atoms with Gasteiger partial charge in [0.15, 0.2) is 6.10 Å². The van der Waals surface area contributed by atoms with Crippen LogP contribution in [0.5, 0.6) is 0 Å². The summed E-state index contributed by atoms with van der Waals surface area (Å²) in [4.78, 5) is 48.5. The zero-order chi connectivity index (χ0) is 55.5. The number of phosphoric acid groups is 1. The molecule has 0 bridgehead atoms. The maximum Gasteiger partial charge on any atom is 0.472 e. The van der Waals surface area contributed by atoms with Gasteiger partial charge in [0.1, 0.15) is 12.7 Å². The Labute approximate surface area is 461 Å². The first-order valence-electron chi connectivity index (χ1n) is 29.1. The highest BCUT2D eigenvalue weighted by atomic mass is 31.2. The predicted octanol–water partition coefficient (Wildman–Crippen LogP) is 17.4. The van der Waals surface area contributed by atoms with Gasteiger partial charge in [-0.2, -0.15) is 0 Å². The first-order valence-corrected chi connectivity index (χ1v) is 30.6. The van der Waals surface area contributed by atoms with Crippen LogP contribution in [-0.2, 0) is 42.2 Å². The molecule has 3 unspecified atom stereocenters. The summed E-state index contributed by atoms with van der Waals surface area (Å²) in [5.74, 6) is -1.62. The topological polar surface area (TPSA) is 155 Å². The van der Waals surface area contributed by atoms with Gasteiger partial charge in [0.25, 0.3) is 0 Å². The molecule has 0 aromatic carbocycles. The number of allylic oxidation sites excluding steroid dienone is 22. The van der Waals surface area contributed by atoms with Gasteiger partial charge in [0.2, 0.25) is 0 Å². The second-order valence-corrected chi connectivity index (χ2v) is 20.1. The Hall–Kier alpha value is -4.38. The van der Waals surface area contributed by atoms with Crippen LogP contribution in [0.4, 0.5) is 0 Å². The standard InChI is InChI=1S/C64H103O11P/c1-4-7-10-13-16-19-22-25-28-29-30-31-34-37-40-43-46-49-52-55-64(68)75-61(57-71-62(66)53-50-47-44-41-38-35-32-26-23-20-17-14-11-8-5-2)59-73-76(69,70)72-58-60(56-65)74-63(67)54-51-48-45-42-39-36-33-27-24-21-18-15-12-9-6-3/h7,9-10,12,16-21,25-28,30-33,37,40,46,49,60-61,65H,4-6,8,11,13-15,22-24,29,34-36,38-39,41-45,47-48,50-59H2,1-3H3,(H,69,70)/b10-7-,12-9-,19-16-,20-17-,21-18-,28-25-,31-30-,32-26-,33-27-,40-37-,49-46-. The van der Waals surface area contributed by atoms with Crippen molar-refractivity contribution >= 4 is 25.7 Å². The molecule has 0 aromatic heterocycles. The first-order chi connectivity index (χ1) is 37.2. The number of ether oxygens (including phenoxy) is 3. The van der Waals surface area contributed by atoms with Crippen LogP contribution in [0.1, 0.15) is 213 Å². The fourth-order valence-corrected chi connectivity index (χ4v) is 7.97. The monoisotopic (exact) mass is 1080 g/mol. The maximum atomic E-state index is 12.9. The summed E-state index contributed by atoms with van der Waals surface area (Å²) in [5, 5.41) is 9.82. The van der Waals surface area contributed by atoms with Gasteiger partial charge in [-0.15, -0.1) is 0 Å². The van der Waals surface area contributed by atoms with E-state index < -0.39 is 57.8 Å². The van der Waals surface area contributed by atoms with E-state index in [1.54, 1.807) is 0 Å². The summed E-state index contributed by atoms with van der Waals surface area (Å²) in [5.41, 5.74) is 0. The van der Waals surface area contributed by atoms with Gasteiger partial charge in [-0.05, 0) is 122 Å². The van der Waals surface area contributed by atoms with E-state index in [0.29, 0.717) is 25.7 Å². The van der Waals surface area contributed by atoms with E-state index >= 15 is 0 Å². The molecule has 0 radical (unpaired) electrons. The number of unbranched alkanes of at least 4 members (excludes halogenated alkanes) is 13. The largest absolute Gasteiger partial charge is 0.472 e. The van der Waals surface area contributed by atoms with Crippen molar-refractivity contribution in [1.29, 1.82) is 0 Å². The number of aliphatic hydroxyl groups is 1. The summed E-state index contributed by atoms with van der Waals surface area (Å²) in [7, 11) is -4.79. The molecule has 0 spiro atoms. The molecule has 0 saturated heterocycles. The average molecular weight is 1080 g/mol. The average Bonchev–Trinajstić information content (AvgIpc) is 3.41. The Morgan fingerprint density at radius 3 is 1.13 bits per heavy atom. The molecular weight excluding hydrogens is 976 g/mol. The number of carbonyl (C=O) groups excluding carboxylic acids is 3. The van der Waals surface area contributed by atoms with E-state index in [1.165, 1.54) is 19.3 Å². The van der Waals surface area contributed by atoms with Crippen LogP contribution in [0.15, 0.2) is 134 Å². The number of carbonyl (C=O) groups is 3. The molecule has 0 aliphatic heterocycles. The molecule has 0 aromatic rings. The Morgan fingerprint density at radius 1 is 0.382 bits per heavy atom. The summed E-state index contributed by atoms with van der Waals surface area (Å²) in [6, 6.07) is 0. The fraction of sp³-hybridized carbons (Fsp3) is 0.609. The maximum absolute atomic E-state index is 12.9. The highest BCUT2D eigenvalue weighted by molar-refractivity contribution is 7.47. The first kappa shape index (κ1) is 71.6. The van der Waals surface area contributed by atoms with Crippen molar-refractivity contribution in [3.8, 4) is 0 Å². The molecule has 0 aliphatic rings. The van der Waals surface area contributed by atoms with Gasteiger partial charge in [-0.1, -0.05) is 206 Å². The molecule has 0 aliphatic carbocycles. The van der Waals surface area contributed by atoms with Crippen LogP contribution >= 0.6 is 7.82 Å². The number of aliphatic hydroxyl groups excluding tert-OH is 1. The number of rotatable bonds is 52. The van der Waals surface area contributed by atoms with Crippen molar-refractivity contribution in [1.82, 2.24) is 0 Å². The Kier molecular flexibility index (Phi) is 53.5. The van der Waals surface area contributed by atoms with Crippen LogP contribution in [0.2, 0.25) is 0 Å². The van der Waals surface area contributed by atoms with Crippen LogP contribution in [0.25, 0.3) is 0 Å². The van der Waals surface area contributed by atoms with Gasteiger partial charge in [0, 0.05) is 19.3 Å². The van der Waals surface area contributed by atoms with Gasteiger partial charge in [0.05, 0.1) is 19.8 Å². The van der Waals surface area contributed by atoms with Gasteiger partial charge < -0.3 is 24.2 Å². The highest BCUT2D eigenvalue weighted by Gasteiger charge is 2.28. The van der Waals surface area contributed by atoms with Gasteiger partial charge in [-0.3, -0.25) is 23.4 Å². The number of phosphoric ester groups is 1. The van der Waals surface area contributed by atoms with E-state index in [-0.39, 0.29) is 25.9 Å². The van der Waals surface area contributed by atoms with Crippen LogP contribution < -0.4 is 0 Å². The van der Waals surface area contributed by atoms with Crippen LogP contribution in [0.3, 0.4) is 0 Å². The van der Waals surface area contributed by atoms with E-state index in [0.717, 1.165) is 128 Å². The lowest BCUT2D eigenvalue weighted by Crippen LogP contribution is -2.30. The number of esters is 3. The SMILES string of the molecule is CC/C=C\C/C=C\C/C=C\C/C=C\C/C=C\C/C=C\CCC(=O)OC(COC(=O)CCCCCCC/C=C\C/C=C\CCCCC)COP(=O)(O)OCC(CO)OC(=O)CCCCCCC/C=C\C/C=C\C/C=C\CC. The van der Waals surface area contributed by atoms with Crippen molar-refractivity contribution in [2.75, 3.05) is 26.4 Å². The molecule has 0 fully saturated rings. The zero-order valence-corrected chi connectivity index (χ0v) is 48.3. The van der Waals surface area contributed by atoms with E-state index in [4.69, 9.17) is 23.3 Å². The molecule has 12 heteroatoms. The van der Waals surface area contributed by atoms with E-state index in [1.807, 2.05) is 12.2 Å². The summed E-state index contributed by atoms with van der Waals surface area (Å²) >= 11 is 0. The predicted molar refractivity (Wildman–Crippen MR) is 316 cm³/mol. The second-order valence-electron chi connectivity index (χ2n) is 18.7. The number of hydrogen-bond acceptors (Lipinski definition) is 10. The van der Waals surface area contributed by atoms with Crippen LogP contribution in [-0.4, -0.2) is 66.5 Å². The molecule has 0 amide bonds. The normalized spacial score (nSPS) is 14.3. The third kappa shape index (κ3) is 54.4. The molecule has 3 atom stereocenters. The van der Waals surface area contributed by atoms with Gasteiger partial charge >= 0.3 is 25.7 Å². The van der Waals surface area contributed by atoms with Gasteiger partial charge in [-0.25, -0.2) is 4.57 Å². The molecule has 0 rings (SSSR count). The molecule has 76 heavy (non-hydrogen) atoms. The van der Waals surface area contributed by atoms with E-state index in [9.17, 15) is 28.9 Å². The molecule has 2 N–H and O–H groups in total. The molecule has 430 valence electrons. The van der Waals surface area contributed by atoms with Crippen molar-refractivity contribution in [3.63, 3.8) is 0 Å². The summed E-state index contributed by atoms with van der Waals surface area (Å²) < 4.78 is 39.4. The minimum atomic E-state index is -4.79. The van der Waals surface area contributed by atoms with Crippen molar-refractivity contribution in [2.45, 2.75) is 226 Å². The lowest BCUT2D eigenvalue weighted by Gasteiger charge is -2.21. The minimum Gasteiger partial charge on any atom is -0.462 e. The fourth-order valence-electron chi connectivity index (χ4n) is 7.19. The molecule has 0 heterocycles. The number of hydrogen-bond donors (Lipinski definition) is 2. The zero-order valence-electron chi connectivity index (χ0n) is 47.4. The smallest absolute Gasteiger partial charge is 0.462 e. The third-order valence-corrected chi connectivity index (χ3v) is 12.5. The Balaban J connectivity index is 4.89. The Bertz CT molecular complexity index is 1780. The Morgan fingerprint density at radius 2 is 0.711 bits per heavy atom. The third-order valence-electron chi connectivity index (χ3n) is 11.6. The highest BCUT2D eigenvalue weighted by Crippen LogP contribution is 2.43. The summed E-state index contributed by atoms with van der Waals surface area (Å²) in [6.07, 6.45) is 71.4. The van der Waals surface area contributed by atoms with Crippen molar-refractivity contribution < 1.29 is 52.2 Å². The van der Waals surface area contributed by atoms with Crippen molar-refractivity contribution in [2.24, 2.45) is 0 Å². The summed E-state index contributed by atoms with van der Waals surface area (Å²) in [6.45, 7) is 4.25. The van der Waals surface area contributed by atoms with Crippen molar-refractivity contribution in [3.05, 3.63) is 134 Å². The minimum absolute atomic E-state index is 0.0309. The van der Waals surface area contributed by atoms with Crippen LogP contribution in [0, 0.1) is 0 Å².